The smallest absolute Gasteiger partial charge is 0.226 e. The molecule has 142 valence electrons. The first-order valence-electron chi connectivity index (χ1n) is 10.0. The second kappa shape index (κ2) is 8.21. The summed E-state index contributed by atoms with van der Waals surface area (Å²) in [5.41, 5.74) is 2.26. The maximum atomic E-state index is 12.8. The van der Waals surface area contributed by atoms with Crippen molar-refractivity contribution in [1.82, 2.24) is 19.4 Å². The Morgan fingerprint density at radius 2 is 2.00 bits per heavy atom. The Morgan fingerprint density at radius 3 is 2.69 bits per heavy atom. The highest BCUT2D eigenvalue weighted by Gasteiger charge is 2.29. The van der Waals surface area contributed by atoms with Gasteiger partial charge in [0, 0.05) is 25.7 Å². The number of amides is 1. The minimum absolute atomic E-state index is 0.125. The summed E-state index contributed by atoms with van der Waals surface area (Å²) in [6.45, 7) is 12.8. The van der Waals surface area contributed by atoms with E-state index in [9.17, 15) is 4.79 Å². The van der Waals surface area contributed by atoms with Crippen LogP contribution in [0.1, 0.15) is 52.4 Å². The number of nitrogens with zero attached hydrogens (tertiary/aromatic N) is 4. The summed E-state index contributed by atoms with van der Waals surface area (Å²) < 4.78 is 2.34. The number of hydrogen-bond acceptors (Lipinski definition) is 3. The van der Waals surface area contributed by atoms with E-state index in [4.69, 9.17) is 4.98 Å². The fraction of sp³-hybridized carbons (Fsp3) is 0.619. The molecule has 1 aliphatic heterocycles. The first-order valence-corrected chi connectivity index (χ1v) is 10.0. The quantitative estimate of drug-likeness (QED) is 0.792. The zero-order valence-electron chi connectivity index (χ0n) is 16.6. The lowest BCUT2D eigenvalue weighted by Crippen LogP contribution is -2.44. The Morgan fingerprint density at radius 1 is 1.27 bits per heavy atom. The van der Waals surface area contributed by atoms with E-state index in [2.05, 4.69) is 55.4 Å². The number of fused-ring (bicyclic) bond motifs is 1. The predicted molar refractivity (Wildman–Crippen MR) is 106 cm³/mol. The average molecular weight is 357 g/mol. The summed E-state index contributed by atoms with van der Waals surface area (Å²) >= 11 is 0. The summed E-state index contributed by atoms with van der Waals surface area (Å²) in [5, 5.41) is 0. The fourth-order valence-corrected chi connectivity index (χ4v) is 4.18. The summed E-state index contributed by atoms with van der Waals surface area (Å²) in [6, 6.07) is 8.72. The number of likely N-dealkylation sites (tertiary alicyclic amines) is 1. The number of benzene rings is 1. The largest absolute Gasteiger partial charge is 0.343 e. The molecule has 1 aromatic heterocycles. The number of carbonyl (C=O) groups excluding carboxylic acids is 1. The van der Waals surface area contributed by atoms with E-state index in [0.717, 1.165) is 56.9 Å². The molecule has 1 fully saturated rings. The average Bonchev–Trinajstić information content (AvgIpc) is 3.00. The normalized spacial score (nSPS) is 18.6. The molecule has 2 heterocycles. The Bertz CT molecular complexity index is 748. The number of rotatable bonds is 6. The molecule has 3 rings (SSSR count). The standard InChI is InChI=1S/C21H32N4O/c1-5-24(6-2)21(26)17-10-9-13-23(14-17)15-20-22-18-11-7-8-12-19(18)25(20)16(3)4/h7-8,11-12,16-17H,5-6,9-10,13-15H2,1-4H3/t17-/m1/s1. The van der Waals surface area contributed by atoms with Gasteiger partial charge < -0.3 is 9.47 Å². The van der Waals surface area contributed by atoms with E-state index < -0.39 is 0 Å². The Balaban J connectivity index is 1.78. The van der Waals surface area contributed by atoms with E-state index in [-0.39, 0.29) is 5.92 Å². The molecule has 0 spiro atoms. The van der Waals surface area contributed by atoms with Gasteiger partial charge in [0.25, 0.3) is 0 Å². The highest BCUT2D eigenvalue weighted by Crippen LogP contribution is 2.25. The van der Waals surface area contributed by atoms with Crippen LogP contribution in [0.4, 0.5) is 0 Å². The summed E-state index contributed by atoms with van der Waals surface area (Å²) in [7, 11) is 0. The minimum atomic E-state index is 0.125. The molecule has 0 N–H and O–H groups in total. The van der Waals surface area contributed by atoms with Gasteiger partial charge in [-0.05, 0) is 59.2 Å². The molecule has 0 aliphatic carbocycles. The molecule has 0 unspecified atom stereocenters. The van der Waals surface area contributed by atoms with Crippen LogP contribution < -0.4 is 0 Å². The Labute approximate surface area is 157 Å². The lowest BCUT2D eigenvalue weighted by atomic mass is 9.96. The van der Waals surface area contributed by atoms with E-state index in [0.29, 0.717) is 11.9 Å². The van der Waals surface area contributed by atoms with Crippen molar-refractivity contribution in [2.24, 2.45) is 5.92 Å². The van der Waals surface area contributed by atoms with Gasteiger partial charge >= 0.3 is 0 Å². The maximum absolute atomic E-state index is 12.8. The van der Waals surface area contributed by atoms with Crippen LogP contribution in [0, 0.1) is 5.92 Å². The third-order valence-corrected chi connectivity index (χ3v) is 5.48. The summed E-state index contributed by atoms with van der Waals surface area (Å²) in [6.07, 6.45) is 2.09. The Kier molecular flexibility index (Phi) is 5.97. The zero-order valence-corrected chi connectivity index (χ0v) is 16.6. The highest BCUT2D eigenvalue weighted by molar-refractivity contribution is 5.79. The second-order valence-corrected chi connectivity index (χ2v) is 7.57. The number of hydrogen-bond donors (Lipinski definition) is 0. The van der Waals surface area contributed by atoms with E-state index in [1.54, 1.807) is 0 Å². The minimum Gasteiger partial charge on any atom is -0.343 e. The molecule has 5 nitrogen and oxygen atoms in total. The van der Waals surface area contributed by atoms with Gasteiger partial charge in [0.1, 0.15) is 5.82 Å². The van der Waals surface area contributed by atoms with Gasteiger partial charge in [-0.3, -0.25) is 9.69 Å². The van der Waals surface area contributed by atoms with Crippen LogP contribution in [-0.2, 0) is 11.3 Å². The van der Waals surface area contributed by atoms with Crippen molar-refractivity contribution < 1.29 is 4.79 Å². The van der Waals surface area contributed by atoms with E-state index in [1.165, 1.54) is 5.52 Å². The van der Waals surface area contributed by atoms with Crippen molar-refractivity contribution >= 4 is 16.9 Å². The van der Waals surface area contributed by atoms with Crippen molar-refractivity contribution in [3.8, 4) is 0 Å². The molecule has 1 saturated heterocycles. The third kappa shape index (κ3) is 3.78. The number of carbonyl (C=O) groups is 1. The number of piperidine rings is 1. The highest BCUT2D eigenvalue weighted by atomic mass is 16.2. The molecule has 0 bridgehead atoms. The van der Waals surface area contributed by atoms with Crippen molar-refractivity contribution in [3.05, 3.63) is 30.1 Å². The number of para-hydroxylation sites is 2. The third-order valence-electron chi connectivity index (χ3n) is 5.48. The molecule has 1 atom stereocenters. The molecule has 1 amide bonds. The zero-order chi connectivity index (χ0) is 18.7. The lowest BCUT2D eigenvalue weighted by molar-refractivity contribution is -0.137. The molecule has 5 heteroatoms. The molecule has 1 aliphatic rings. The molecule has 2 aromatic rings. The number of aromatic nitrogens is 2. The van der Waals surface area contributed by atoms with Gasteiger partial charge in [-0.15, -0.1) is 0 Å². The van der Waals surface area contributed by atoms with Crippen LogP contribution in [0.3, 0.4) is 0 Å². The van der Waals surface area contributed by atoms with Gasteiger partial charge in [-0.2, -0.15) is 0 Å². The predicted octanol–water partition coefficient (Wildman–Crippen LogP) is 3.70. The SMILES string of the molecule is CCN(CC)C(=O)[C@@H]1CCCN(Cc2nc3ccccc3n2C(C)C)C1. The van der Waals surface area contributed by atoms with Crippen LogP contribution in [0.5, 0.6) is 0 Å². The Hall–Kier alpha value is -1.88. The van der Waals surface area contributed by atoms with Gasteiger partial charge in [-0.25, -0.2) is 4.98 Å². The topological polar surface area (TPSA) is 41.4 Å². The van der Waals surface area contributed by atoms with Crippen molar-refractivity contribution in [3.63, 3.8) is 0 Å². The summed E-state index contributed by atoms with van der Waals surface area (Å²) in [4.78, 5) is 22.0. The second-order valence-electron chi connectivity index (χ2n) is 7.57. The van der Waals surface area contributed by atoms with Crippen LogP contribution in [0.2, 0.25) is 0 Å². The molecule has 0 radical (unpaired) electrons. The first-order chi connectivity index (χ1) is 12.5. The van der Waals surface area contributed by atoms with Gasteiger partial charge in [0.2, 0.25) is 5.91 Å². The van der Waals surface area contributed by atoms with E-state index >= 15 is 0 Å². The maximum Gasteiger partial charge on any atom is 0.226 e. The molecule has 1 aromatic carbocycles. The van der Waals surface area contributed by atoms with Crippen molar-refractivity contribution in [1.29, 1.82) is 0 Å². The van der Waals surface area contributed by atoms with E-state index in [1.807, 2.05) is 11.0 Å². The van der Waals surface area contributed by atoms with Gasteiger partial charge in [-0.1, -0.05) is 12.1 Å². The van der Waals surface area contributed by atoms with Crippen LogP contribution in [0.25, 0.3) is 11.0 Å². The number of imidazole rings is 1. The van der Waals surface area contributed by atoms with Crippen LogP contribution in [-0.4, -0.2) is 51.4 Å². The summed E-state index contributed by atoms with van der Waals surface area (Å²) in [5.74, 6) is 1.55. The monoisotopic (exact) mass is 356 g/mol. The molecule has 0 saturated carbocycles. The molecular weight excluding hydrogens is 324 g/mol. The van der Waals surface area contributed by atoms with Crippen LogP contribution >= 0.6 is 0 Å². The van der Waals surface area contributed by atoms with Crippen molar-refractivity contribution in [2.45, 2.75) is 53.1 Å². The molecule has 26 heavy (non-hydrogen) atoms. The first kappa shape index (κ1) is 18.9. The molecular formula is C21H32N4O. The lowest BCUT2D eigenvalue weighted by Gasteiger charge is -2.34. The van der Waals surface area contributed by atoms with Gasteiger partial charge in [0.15, 0.2) is 0 Å². The van der Waals surface area contributed by atoms with Crippen LogP contribution in [0.15, 0.2) is 24.3 Å². The fourth-order valence-electron chi connectivity index (χ4n) is 4.18. The van der Waals surface area contributed by atoms with Crippen molar-refractivity contribution in [2.75, 3.05) is 26.2 Å². The van der Waals surface area contributed by atoms with Gasteiger partial charge in [0.05, 0.1) is 23.5 Å².